The minimum atomic E-state index is -0.511. The van der Waals surface area contributed by atoms with Crippen LogP contribution < -0.4 is 4.74 Å². The Bertz CT molecular complexity index is 491. The van der Waals surface area contributed by atoms with Gasteiger partial charge in [0.25, 0.3) is 0 Å². The maximum Gasteiger partial charge on any atom is 0.316 e. The number of benzene rings is 1. The van der Waals surface area contributed by atoms with Crippen molar-refractivity contribution in [2.24, 2.45) is 0 Å². The van der Waals surface area contributed by atoms with Gasteiger partial charge in [-0.1, -0.05) is 17.7 Å². The van der Waals surface area contributed by atoms with Crippen molar-refractivity contribution < 1.29 is 19.0 Å². The normalized spacial score (nSPS) is 17.4. The predicted molar refractivity (Wildman–Crippen MR) is 76.1 cm³/mol. The molecule has 0 bridgehead atoms. The van der Waals surface area contributed by atoms with Crippen molar-refractivity contribution in [3.63, 3.8) is 0 Å². The molecule has 4 heteroatoms. The molecule has 4 nitrogen and oxygen atoms in total. The van der Waals surface area contributed by atoms with Gasteiger partial charge in [-0.2, -0.15) is 0 Å². The van der Waals surface area contributed by atoms with Gasteiger partial charge in [-0.05, 0) is 32.8 Å². The van der Waals surface area contributed by atoms with E-state index in [1.54, 1.807) is 7.11 Å². The van der Waals surface area contributed by atoms with Crippen LogP contribution in [0.25, 0.3) is 0 Å². The van der Waals surface area contributed by atoms with Crippen molar-refractivity contribution in [3.8, 4) is 5.75 Å². The summed E-state index contributed by atoms with van der Waals surface area (Å²) < 4.78 is 16.0. The van der Waals surface area contributed by atoms with Gasteiger partial charge in [0.15, 0.2) is 0 Å². The summed E-state index contributed by atoms with van der Waals surface area (Å²) in [5.41, 5.74) is 1.54. The van der Waals surface area contributed by atoms with Gasteiger partial charge in [0.2, 0.25) is 0 Å². The second-order valence-corrected chi connectivity index (χ2v) is 5.46. The van der Waals surface area contributed by atoms with E-state index >= 15 is 0 Å². The number of hydrogen-bond acceptors (Lipinski definition) is 4. The zero-order valence-corrected chi connectivity index (χ0v) is 12.6. The predicted octanol–water partition coefficient (Wildman–Crippen LogP) is 2.61. The minimum Gasteiger partial charge on any atom is -0.488 e. The molecule has 2 rings (SSSR count). The number of carbonyl (C=O) groups is 1. The molecule has 1 aromatic rings. The van der Waals surface area contributed by atoms with Gasteiger partial charge in [0.1, 0.15) is 11.9 Å². The van der Waals surface area contributed by atoms with Gasteiger partial charge in [0, 0.05) is 12.7 Å². The summed E-state index contributed by atoms with van der Waals surface area (Å²) >= 11 is 0. The fraction of sp³-hybridized carbons (Fsp3) is 0.562. The smallest absolute Gasteiger partial charge is 0.316 e. The van der Waals surface area contributed by atoms with Crippen LogP contribution in [0.4, 0.5) is 0 Å². The number of hydrogen-bond donors (Lipinski definition) is 0. The van der Waals surface area contributed by atoms with Crippen LogP contribution in [0, 0.1) is 6.92 Å². The van der Waals surface area contributed by atoms with Crippen molar-refractivity contribution in [1.82, 2.24) is 0 Å². The van der Waals surface area contributed by atoms with E-state index in [0.717, 1.165) is 29.7 Å². The van der Waals surface area contributed by atoms with Crippen molar-refractivity contribution in [3.05, 3.63) is 29.3 Å². The molecule has 1 aliphatic rings. The third kappa shape index (κ3) is 2.80. The molecule has 0 amide bonds. The van der Waals surface area contributed by atoms with E-state index in [1.165, 1.54) is 7.11 Å². The van der Waals surface area contributed by atoms with Crippen LogP contribution >= 0.6 is 0 Å². The van der Waals surface area contributed by atoms with E-state index in [1.807, 2.05) is 32.0 Å². The largest absolute Gasteiger partial charge is 0.488 e. The molecule has 0 aromatic heterocycles. The van der Waals surface area contributed by atoms with E-state index in [2.05, 4.69) is 0 Å². The van der Waals surface area contributed by atoms with Crippen LogP contribution in [0.2, 0.25) is 0 Å². The summed E-state index contributed by atoms with van der Waals surface area (Å²) in [4.78, 5) is 12.1. The third-order valence-electron chi connectivity index (χ3n) is 3.71. The number of esters is 1. The van der Waals surface area contributed by atoms with Crippen molar-refractivity contribution in [1.29, 1.82) is 0 Å². The molecule has 1 saturated carbocycles. The SMILES string of the molecule is COC[C@@H](C)Oc1ccc(C)cc1C1(C(=O)OC)CC1. The van der Waals surface area contributed by atoms with Crippen LogP contribution in [0.5, 0.6) is 5.75 Å². The molecule has 1 aromatic carbocycles. The quantitative estimate of drug-likeness (QED) is 0.750. The molecular weight excluding hydrogens is 256 g/mol. The third-order valence-corrected chi connectivity index (χ3v) is 3.71. The van der Waals surface area contributed by atoms with Crippen molar-refractivity contribution in [2.45, 2.75) is 38.2 Å². The molecular formula is C16H22O4. The molecule has 1 atom stereocenters. The second kappa shape index (κ2) is 5.83. The Labute approximate surface area is 120 Å². The molecule has 1 aliphatic carbocycles. The van der Waals surface area contributed by atoms with Gasteiger partial charge >= 0.3 is 5.97 Å². The highest BCUT2D eigenvalue weighted by Crippen LogP contribution is 2.52. The van der Waals surface area contributed by atoms with Gasteiger partial charge in [-0.15, -0.1) is 0 Å². The van der Waals surface area contributed by atoms with Crippen molar-refractivity contribution >= 4 is 5.97 Å². The molecule has 0 N–H and O–H groups in total. The zero-order valence-electron chi connectivity index (χ0n) is 12.6. The molecule has 1 fully saturated rings. The number of ether oxygens (including phenoxy) is 3. The highest BCUT2D eigenvalue weighted by Gasteiger charge is 2.54. The summed E-state index contributed by atoms with van der Waals surface area (Å²) in [6, 6.07) is 5.95. The van der Waals surface area contributed by atoms with Crippen LogP contribution in [0.15, 0.2) is 18.2 Å². The molecule has 0 radical (unpaired) electrons. The number of carbonyl (C=O) groups excluding carboxylic acids is 1. The maximum atomic E-state index is 12.1. The first-order chi connectivity index (χ1) is 9.53. The Balaban J connectivity index is 2.32. The summed E-state index contributed by atoms with van der Waals surface area (Å²) in [6.07, 6.45) is 1.57. The lowest BCUT2D eigenvalue weighted by Crippen LogP contribution is -2.25. The first-order valence-electron chi connectivity index (χ1n) is 6.88. The van der Waals surface area contributed by atoms with E-state index < -0.39 is 5.41 Å². The Hall–Kier alpha value is -1.55. The molecule has 0 aliphatic heterocycles. The standard InChI is InChI=1S/C16H22O4/c1-11-5-6-14(20-12(2)10-18-3)13(9-11)16(7-8-16)15(17)19-4/h5-6,9,12H,7-8,10H2,1-4H3/t12-/m1/s1. The number of methoxy groups -OCH3 is 2. The van der Waals surface area contributed by atoms with Crippen LogP contribution in [-0.4, -0.2) is 32.9 Å². The van der Waals surface area contributed by atoms with Crippen molar-refractivity contribution in [2.75, 3.05) is 20.8 Å². The van der Waals surface area contributed by atoms with Crippen LogP contribution in [-0.2, 0) is 19.7 Å². The fourth-order valence-electron chi connectivity index (χ4n) is 2.51. The maximum absolute atomic E-state index is 12.1. The summed E-state index contributed by atoms with van der Waals surface area (Å²) in [5, 5.41) is 0. The van der Waals surface area contributed by atoms with E-state index in [9.17, 15) is 4.79 Å². The zero-order chi connectivity index (χ0) is 14.8. The molecule has 0 spiro atoms. The van der Waals surface area contributed by atoms with Crippen LogP contribution in [0.1, 0.15) is 30.9 Å². The van der Waals surface area contributed by atoms with Crippen LogP contribution in [0.3, 0.4) is 0 Å². The first kappa shape index (κ1) is 14.9. The molecule has 110 valence electrons. The van der Waals surface area contributed by atoms with E-state index in [0.29, 0.717) is 6.61 Å². The average Bonchev–Trinajstić information content (AvgIpc) is 3.21. The molecule has 20 heavy (non-hydrogen) atoms. The van der Waals surface area contributed by atoms with Gasteiger partial charge in [0.05, 0.1) is 19.1 Å². The monoisotopic (exact) mass is 278 g/mol. The Morgan fingerprint density at radius 2 is 2.05 bits per heavy atom. The Morgan fingerprint density at radius 1 is 1.35 bits per heavy atom. The summed E-state index contributed by atoms with van der Waals surface area (Å²) in [7, 11) is 3.08. The number of rotatable bonds is 6. The number of aryl methyl sites for hydroxylation is 1. The molecule has 0 saturated heterocycles. The first-order valence-corrected chi connectivity index (χ1v) is 6.88. The Kier molecular flexibility index (Phi) is 4.33. The van der Waals surface area contributed by atoms with Gasteiger partial charge in [-0.3, -0.25) is 4.79 Å². The Morgan fingerprint density at radius 3 is 2.60 bits per heavy atom. The van der Waals surface area contributed by atoms with Gasteiger partial charge in [-0.25, -0.2) is 0 Å². The highest BCUT2D eigenvalue weighted by atomic mass is 16.5. The lowest BCUT2D eigenvalue weighted by atomic mass is 9.93. The summed E-state index contributed by atoms with van der Waals surface area (Å²) in [6.45, 7) is 4.47. The lowest BCUT2D eigenvalue weighted by Gasteiger charge is -2.21. The summed E-state index contributed by atoms with van der Waals surface area (Å²) in [5.74, 6) is 0.579. The molecule has 0 unspecified atom stereocenters. The highest BCUT2D eigenvalue weighted by molar-refractivity contribution is 5.87. The lowest BCUT2D eigenvalue weighted by molar-refractivity contribution is -0.143. The average molecular weight is 278 g/mol. The van der Waals surface area contributed by atoms with E-state index in [4.69, 9.17) is 14.2 Å². The minimum absolute atomic E-state index is 0.0603. The van der Waals surface area contributed by atoms with E-state index in [-0.39, 0.29) is 12.1 Å². The topological polar surface area (TPSA) is 44.8 Å². The molecule has 0 heterocycles. The van der Waals surface area contributed by atoms with Gasteiger partial charge < -0.3 is 14.2 Å². The fourth-order valence-corrected chi connectivity index (χ4v) is 2.51. The second-order valence-electron chi connectivity index (χ2n) is 5.46.